The number of anilines is 1. The molecule has 0 aliphatic heterocycles. The average Bonchev–Trinajstić information content (AvgIpc) is 2.40. The first-order valence-corrected chi connectivity index (χ1v) is 6.36. The molecular formula is C16H16F3NO. The lowest BCUT2D eigenvalue weighted by Crippen LogP contribution is -2.06. The van der Waals surface area contributed by atoms with Gasteiger partial charge in [0.05, 0.1) is 12.7 Å². The maximum absolute atomic E-state index is 12.7. The Balaban J connectivity index is 2.55. The van der Waals surface area contributed by atoms with E-state index in [0.717, 1.165) is 34.6 Å². The zero-order chi connectivity index (χ0) is 15.8. The van der Waals surface area contributed by atoms with E-state index in [1.807, 2.05) is 26.0 Å². The smallest absolute Gasteiger partial charge is 0.416 e. The quantitative estimate of drug-likeness (QED) is 0.823. The van der Waals surface area contributed by atoms with Gasteiger partial charge in [0.15, 0.2) is 0 Å². The second-order valence-corrected chi connectivity index (χ2v) is 4.94. The van der Waals surface area contributed by atoms with Crippen LogP contribution in [0.15, 0.2) is 30.3 Å². The third-order valence-corrected chi connectivity index (χ3v) is 3.41. The number of nitrogen functional groups attached to an aromatic ring is 1. The van der Waals surface area contributed by atoms with Crippen molar-refractivity contribution in [3.63, 3.8) is 0 Å². The molecule has 2 nitrogen and oxygen atoms in total. The third-order valence-electron chi connectivity index (χ3n) is 3.41. The van der Waals surface area contributed by atoms with Crippen LogP contribution in [0.25, 0.3) is 11.1 Å². The summed E-state index contributed by atoms with van der Waals surface area (Å²) in [4.78, 5) is 0. The molecule has 0 aromatic heterocycles. The van der Waals surface area contributed by atoms with Crippen LogP contribution in [0.3, 0.4) is 0 Å². The lowest BCUT2D eigenvalue weighted by molar-refractivity contribution is -0.137. The van der Waals surface area contributed by atoms with Crippen LogP contribution in [0.4, 0.5) is 18.9 Å². The minimum absolute atomic E-state index is 0.109. The van der Waals surface area contributed by atoms with Gasteiger partial charge in [0.1, 0.15) is 5.75 Å². The molecule has 0 amide bonds. The largest absolute Gasteiger partial charge is 0.496 e. The first-order chi connectivity index (χ1) is 9.74. The van der Waals surface area contributed by atoms with Gasteiger partial charge < -0.3 is 10.5 Å². The van der Waals surface area contributed by atoms with Gasteiger partial charge in [-0.2, -0.15) is 13.2 Å². The number of hydrogen-bond donors (Lipinski definition) is 1. The van der Waals surface area contributed by atoms with Gasteiger partial charge in [-0.05, 0) is 54.8 Å². The van der Waals surface area contributed by atoms with E-state index in [1.54, 1.807) is 7.11 Å². The minimum atomic E-state index is -4.39. The Morgan fingerprint density at radius 2 is 1.62 bits per heavy atom. The highest BCUT2D eigenvalue weighted by Gasteiger charge is 2.30. The molecule has 0 spiro atoms. The molecule has 2 aromatic rings. The molecule has 2 N–H and O–H groups in total. The molecule has 0 bridgehead atoms. The van der Waals surface area contributed by atoms with Crippen molar-refractivity contribution in [1.29, 1.82) is 0 Å². The molecule has 0 fully saturated rings. The van der Waals surface area contributed by atoms with Crippen molar-refractivity contribution in [3.05, 3.63) is 47.0 Å². The highest BCUT2D eigenvalue weighted by molar-refractivity contribution is 5.80. The van der Waals surface area contributed by atoms with Crippen molar-refractivity contribution in [3.8, 4) is 16.9 Å². The van der Waals surface area contributed by atoms with Crippen LogP contribution in [-0.4, -0.2) is 7.11 Å². The van der Waals surface area contributed by atoms with Gasteiger partial charge in [-0.25, -0.2) is 0 Å². The van der Waals surface area contributed by atoms with Crippen LogP contribution in [-0.2, 0) is 6.18 Å². The van der Waals surface area contributed by atoms with Crippen molar-refractivity contribution < 1.29 is 17.9 Å². The Hall–Kier alpha value is -2.17. The van der Waals surface area contributed by atoms with E-state index in [9.17, 15) is 13.2 Å². The Labute approximate surface area is 121 Å². The second-order valence-electron chi connectivity index (χ2n) is 4.94. The number of hydrogen-bond acceptors (Lipinski definition) is 2. The summed E-state index contributed by atoms with van der Waals surface area (Å²) in [6.45, 7) is 3.75. The molecule has 0 aliphatic rings. The van der Waals surface area contributed by atoms with E-state index in [-0.39, 0.29) is 5.69 Å². The molecule has 0 saturated carbocycles. The molecule has 0 atom stereocenters. The predicted molar refractivity (Wildman–Crippen MR) is 77.3 cm³/mol. The number of benzene rings is 2. The van der Waals surface area contributed by atoms with Gasteiger partial charge in [0, 0.05) is 11.3 Å². The van der Waals surface area contributed by atoms with E-state index < -0.39 is 11.7 Å². The first kappa shape index (κ1) is 15.2. The summed E-state index contributed by atoms with van der Waals surface area (Å²) in [5.41, 5.74) is 8.36. The zero-order valence-electron chi connectivity index (χ0n) is 12.0. The summed E-state index contributed by atoms with van der Waals surface area (Å²) < 4.78 is 43.2. The summed E-state index contributed by atoms with van der Waals surface area (Å²) in [5, 5.41) is 0. The number of methoxy groups -OCH3 is 1. The molecule has 2 rings (SSSR count). The van der Waals surface area contributed by atoms with Crippen LogP contribution in [0.2, 0.25) is 0 Å². The number of nitrogens with two attached hydrogens (primary N) is 1. The van der Waals surface area contributed by atoms with Gasteiger partial charge in [0.2, 0.25) is 0 Å². The van der Waals surface area contributed by atoms with Crippen molar-refractivity contribution in [2.45, 2.75) is 20.0 Å². The molecule has 2 aromatic carbocycles. The van der Waals surface area contributed by atoms with Crippen LogP contribution < -0.4 is 10.5 Å². The second kappa shape index (κ2) is 5.31. The molecule has 5 heteroatoms. The molecule has 0 saturated heterocycles. The van der Waals surface area contributed by atoms with E-state index in [1.165, 1.54) is 6.07 Å². The molecule has 0 heterocycles. The van der Waals surface area contributed by atoms with Crippen LogP contribution >= 0.6 is 0 Å². The lowest BCUT2D eigenvalue weighted by atomic mass is 9.95. The Morgan fingerprint density at radius 1 is 0.952 bits per heavy atom. The monoisotopic (exact) mass is 295 g/mol. The Morgan fingerprint density at radius 3 is 2.14 bits per heavy atom. The van der Waals surface area contributed by atoms with E-state index in [0.29, 0.717) is 5.56 Å². The summed E-state index contributed by atoms with van der Waals surface area (Å²) >= 11 is 0. The van der Waals surface area contributed by atoms with Crippen molar-refractivity contribution in [1.82, 2.24) is 0 Å². The molecule has 0 radical (unpaired) electrons. The lowest BCUT2D eigenvalue weighted by Gasteiger charge is -2.15. The highest BCUT2D eigenvalue weighted by atomic mass is 19.4. The zero-order valence-corrected chi connectivity index (χ0v) is 12.0. The first-order valence-electron chi connectivity index (χ1n) is 6.36. The number of rotatable bonds is 2. The number of alkyl halides is 3. The van der Waals surface area contributed by atoms with Crippen LogP contribution in [0.5, 0.6) is 5.75 Å². The van der Waals surface area contributed by atoms with Crippen molar-refractivity contribution >= 4 is 5.69 Å². The summed E-state index contributed by atoms with van der Waals surface area (Å²) in [7, 11) is 1.58. The number of aryl methyl sites for hydroxylation is 2. The van der Waals surface area contributed by atoms with Gasteiger partial charge in [0.25, 0.3) is 0 Å². The molecular weight excluding hydrogens is 279 g/mol. The standard InChI is InChI=1S/C16H16F3NO/c1-9-7-15(21-3)10(2)6-13(9)12-5-4-11(8-14(12)20)16(17,18)19/h4-8H,20H2,1-3H3. The maximum Gasteiger partial charge on any atom is 0.416 e. The van der Waals surface area contributed by atoms with Gasteiger partial charge in [-0.15, -0.1) is 0 Å². The Bertz CT molecular complexity index is 678. The minimum Gasteiger partial charge on any atom is -0.496 e. The maximum atomic E-state index is 12.7. The summed E-state index contributed by atoms with van der Waals surface area (Å²) in [6, 6.07) is 7.14. The molecule has 112 valence electrons. The summed E-state index contributed by atoms with van der Waals surface area (Å²) in [6.07, 6.45) is -4.39. The Kier molecular flexibility index (Phi) is 3.85. The summed E-state index contributed by atoms with van der Waals surface area (Å²) in [5.74, 6) is 0.738. The van der Waals surface area contributed by atoms with Gasteiger partial charge in [-0.1, -0.05) is 6.07 Å². The van der Waals surface area contributed by atoms with Crippen LogP contribution in [0, 0.1) is 13.8 Å². The van der Waals surface area contributed by atoms with E-state index in [2.05, 4.69) is 0 Å². The normalized spacial score (nSPS) is 11.5. The van der Waals surface area contributed by atoms with E-state index >= 15 is 0 Å². The third kappa shape index (κ3) is 2.96. The molecule has 0 unspecified atom stereocenters. The predicted octanol–water partition coefficient (Wildman–Crippen LogP) is 4.58. The molecule has 21 heavy (non-hydrogen) atoms. The topological polar surface area (TPSA) is 35.2 Å². The van der Waals surface area contributed by atoms with Gasteiger partial charge >= 0.3 is 6.18 Å². The van der Waals surface area contributed by atoms with Crippen molar-refractivity contribution in [2.24, 2.45) is 0 Å². The fraction of sp³-hybridized carbons (Fsp3) is 0.250. The highest BCUT2D eigenvalue weighted by Crippen LogP contribution is 2.37. The van der Waals surface area contributed by atoms with E-state index in [4.69, 9.17) is 10.5 Å². The number of halogens is 3. The van der Waals surface area contributed by atoms with Crippen LogP contribution in [0.1, 0.15) is 16.7 Å². The SMILES string of the molecule is COc1cc(C)c(-c2ccc(C(F)(F)F)cc2N)cc1C. The number of ether oxygens (including phenoxy) is 1. The van der Waals surface area contributed by atoms with Gasteiger partial charge in [-0.3, -0.25) is 0 Å². The van der Waals surface area contributed by atoms with Crippen molar-refractivity contribution in [2.75, 3.05) is 12.8 Å². The molecule has 0 aliphatic carbocycles. The average molecular weight is 295 g/mol. The fourth-order valence-corrected chi connectivity index (χ4v) is 2.28. The fourth-order valence-electron chi connectivity index (χ4n) is 2.28.